The van der Waals surface area contributed by atoms with E-state index < -0.39 is 0 Å². The average molecular weight is 736 g/mol. The second-order valence-corrected chi connectivity index (χ2v) is 17.6. The summed E-state index contributed by atoms with van der Waals surface area (Å²) in [6.45, 7) is 9.52. The molecule has 0 saturated carbocycles. The van der Waals surface area contributed by atoms with E-state index in [-0.39, 0.29) is 10.8 Å². The van der Waals surface area contributed by atoms with Crippen LogP contribution in [0.5, 0.6) is 0 Å². The molecule has 0 spiro atoms. The molecule has 0 amide bonds. The SMILES string of the molecule is CC1(C)c2ccccc2-c2ccc(N(c3ccc(-c4ccc(-c5ccccc5)cc4)cc3)c3ccc4c(c3)-c3c(ccc5c3sc3ccccc35)C4(C)C)cc21. The van der Waals surface area contributed by atoms with Crippen molar-refractivity contribution in [3.8, 4) is 44.5 Å². The summed E-state index contributed by atoms with van der Waals surface area (Å²) in [5.74, 6) is 0. The van der Waals surface area contributed by atoms with Crippen molar-refractivity contribution in [3.63, 3.8) is 0 Å². The first-order valence-corrected chi connectivity index (χ1v) is 20.5. The fourth-order valence-electron chi connectivity index (χ4n) is 9.71. The van der Waals surface area contributed by atoms with Crippen molar-refractivity contribution < 1.29 is 0 Å². The summed E-state index contributed by atoms with van der Waals surface area (Å²) in [5.41, 5.74) is 19.1. The minimum atomic E-state index is -0.100. The zero-order chi connectivity index (χ0) is 37.8. The first kappa shape index (κ1) is 33.1. The number of fused-ring (bicyclic) bond motifs is 10. The van der Waals surface area contributed by atoms with Crippen molar-refractivity contribution >= 4 is 48.6 Å². The Bertz CT molecular complexity index is 3000. The molecule has 268 valence electrons. The van der Waals surface area contributed by atoms with E-state index in [4.69, 9.17) is 0 Å². The minimum absolute atomic E-state index is 0.0977. The van der Waals surface area contributed by atoms with Crippen LogP contribution in [0.1, 0.15) is 49.9 Å². The maximum absolute atomic E-state index is 2.47. The molecule has 8 aromatic carbocycles. The van der Waals surface area contributed by atoms with Gasteiger partial charge in [-0.1, -0.05) is 161 Å². The second kappa shape index (κ2) is 12.1. The Morgan fingerprint density at radius 2 is 0.911 bits per heavy atom. The second-order valence-electron chi connectivity index (χ2n) is 16.5. The molecule has 9 aromatic rings. The normalized spacial score (nSPS) is 14.4. The molecule has 0 N–H and O–H groups in total. The Morgan fingerprint density at radius 3 is 1.68 bits per heavy atom. The minimum Gasteiger partial charge on any atom is -0.310 e. The lowest BCUT2D eigenvalue weighted by molar-refractivity contribution is 0.660. The molecular weight excluding hydrogens is 695 g/mol. The number of hydrogen-bond donors (Lipinski definition) is 0. The van der Waals surface area contributed by atoms with E-state index in [1.807, 2.05) is 11.3 Å². The van der Waals surface area contributed by atoms with Gasteiger partial charge in [-0.3, -0.25) is 0 Å². The van der Waals surface area contributed by atoms with Crippen molar-refractivity contribution in [2.45, 2.75) is 38.5 Å². The first-order chi connectivity index (χ1) is 27.3. The first-order valence-electron chi connectivity index (χ1n) is 19.7. The van der Waals surface area contributed by atoms with Gasteiger partial charge in [-0.15, -0.1) is 11.3 Å². The monoisotopic (exact) mass is 735 g/mol. The highest BCUT2D eigenvalue weighted by Crippen LogP contribution is 2.56. The van der Waals surface area contributed by atoms with Gasteiger partial charge in [0.1, 0.15) is 0 Å². The summed E-state index contributed by atoms with van der Waals surface area (Å²) in [7, 11) is 0. The Labute approximate surface area is 333 Å². The smallest absolute Gasteiger partial charge is 0.0468 e. The molecular formula is C54H41NS. The molecule has 11 rings (SSSR count). The molecule has 0 bridgehead atoms. The highest BCUT2D eigenvalue weighted by atomic mass is 32.1. The van der Waals surface area contributed by atoms with E-state index in [9.17, 15) is 0 Å². The van der Waals surface area contributed by atoms with Crippen LogP contribution in [-0.4, -0.2) is 0 Å². The van der Waals surface area contributed by atoms with Crippen LogP contribution in [0.15, 0.2) is 176 Å². The van der Waals surface area contributed by atoms with Gasteiger partial charge < -0.3 is 4.90 Å². The van der Waals surface area contributed by atoms with Gasteiger partial charge in [0, 0.05) is 53.6 Å². The average Bonchev–Trinajstić information content (AvgIpc) is 3.81. The maximum Gasteiger partial charge on any atom is 0.0468 e. The molecule has 0 saturated heterocycles. The Hall–Kier alpha value is -6.22. The van der Waals surface area contributed by atoms with E-state index in [1.165, 1.54) is 98.3 Å². The number of thiophene rings is 1. The molecule has 1 nitrogen and oxygen atoms in total. The lowest BCUT2D eigenvalue weighted by atomic mass is 9.82. The third-order valence-corrected chi connectivity index (χ3v) is 13.9. The van der Waals surface area contributed by atoms with Gasteiger partial charge in [0.25, 0.3) is 0 Å². The zero-order valence-electron chi connectivity index (χ0n) is 32.1. The molecule has 0 radical (unpaired) electrons. The number of hydrogen-bond acceptors (Lipinski definition) is 2. The molecule has 0 fully saturated rings. The van der Waals surface area contributed by atoms with Gasteiger partial charge in [0.15, 0.2) is 0 Å². The van der Waals surface area contributed by atoms with E-state index in [2.05, 4.69) is 209 Å². The predicted molar refractivity (Wildman–Crippen MR) is 240 cm³/mol. The molecule has 0 atom stereocenters. The number of anilines is 3. The fraction of sp³-hybridized carbons (Fsp3) is 0.111. The molecule has 0 unspecified atom stereocenters. The lowest BCUT2D eigenvalue weighted by Gasteiger charge is -2.29. The maximum atomic E-state index is 2.47. The lowest BCUT2D eigenvalue weighted by Crippen LogP contribution is -2.17. The van der Waals surface area contributed by atoms with Crippen LogP contribution < -0.4 is 4.90 Å². The fourth-order valence-corrected chi connectivity index (χ4v) is 11.0. The van der Waals surface area contributed by atoms with Gasteiger partial charge >= 0.3 is 0 Å². The highest BCUT2D eigenvalue weighted by molar-refractivity contribution is 7.26. The third-order valence-electron chi connectivity index (χ3n) is 12.7. The van der Waals surface area contributed by atoms with Crippen LogP contribution in [0.4, 0.5) is 17.1 Å². The van der Waals surface area contributed by atoms with Gasteiger partial charge in [0.05, 0.1) is 0 Å². The number of nitrogens with zero attached hydrogens (tertiary/aromatic N) is 1. The van der Waals surface area contributed by atoms with E-state index >= 15 is 0 Å². The van der Waals surface area contributed by atoms with Crippen molar-refractivity contribution in [1.82, 2.24) is 0 Å². The van der Waals surface area contributed by atoms with Crippen molar-refractivity contribution in [3.05, 3.63) is 198 Å². The van der Waals surface area contributed by atoms with Crippen LogP contribution in [0.3, 0.4) is 0 Å². The Balaban J connectivity index is 1.07. The standard InChI is InChI=1S/C54H41NS/c1-53(2)47-30-27-39(32-45(47)51-48(53)31-29-44-43-15-9-11-17-50(43)56-52(44)51)55(40-26-28-42-41-14-8-10-16-46(41)54(3,4)49(42)33-40)38-24-22-37(23-25-38)36-20-18-35(19-21-36)34-12-6-5-7-13-34/h5-33H,1-4H3. The molecule has 1 aromatic heterocycles. The van der Waals surface area contributed by atoms with Crippen LogP contribution in [0.25, 0.3) is 64.7 Å². The predicted octanol–water partition coefficient (Wildman–Crippen LogP) is 15.5. The summed E-state index contributed by atoms with van der Waals surface area (Å²) in [6.07, 6.45) is 0. The van der Waals surface area contributed by atoms with Crippen LogP contribution in [0.2, 0.25) is 0 Å². The van der Waals surface area contributed by atoms with Crippen LogP contribution in [-0.2, 0) is 10.8 Å². The molecule has 56 heavy (non-hydrogen) atoms. The molecule has 2 aliphatic rings. The summed E-state index contributed by atoms with van der Waals surface area (Å²) >= 11 is 1.93. The third kappa shape index (κ3) is 4.85. The molecule has 0 aliphatic heterocycles. The number of rotatable bonds is 5. The molecule has 1 heterocycles. The highest BCUT2D eigenvalue weighted by Gasteiger charge is 2.38. The van der Waals surface area contributed by atoms with Crippen molar-refractivity contribution in [1.29, 1.82) is 0 Å². The van der Waals surface area contributed by atoms with Gasteiger partial charge in [-0.2, -0.15) is 0 Å². The van der Waals surface area contributed by atoms with Gasteiger partial charge in [0.2, 0.25) is 0 Å². The van der Waals surface area contributed by atoms with Crippen molar-refractivity contribution in [2.24, 2.45) is 0 Å². The van der Waals surface area contributed by atoms with E-state index in [0.717, 1.165) is 5.69 Å². The van der Waals surface area contributed by atoms with E-state index in [1.54, 1.807) is 0 Å². The summed E-state index contributed by atoms with van der Waals surface area (Å²) in [4.78, 5) is 2.47. The van der Waals surface area contributed by atoms with Crippen LogP contribution >= 0.6 is 11.3 Å². The zero-order valence-corrected chi connectivity index (χ0v) is 32.9. The summed E-state index contributed by atoms with van der Waals surface area (Å²) in [5, 5.41) is 2.69. The van der Waals surface area contributed by atoms with Crippen molar-refractivity contribution in [2.75, 3.05) is 4.90 Å². The molecule has 2 aliphatic carbocycles. The largest absolute Gasteiger partial charge is 0.310 e. The molecule has 2 heteroatoms. The van der Waals surface area contributed by atoms with Crippen LogP contribution in [0, 0.1) is 0 Å². The number of benzene rings is 8. The Kier molecular flexibility index (Phi) is 7.18. The van der Waals surface area contributed by atoms with Gasteiger partial charge in [-0.05, 0) is 104 Å². The summed E-state index contributed by atoms with van der Waals surface area (Å²) in [6, 6.07) is 65.5. The Morgan fingerprint density at radius 1 is 0.375 bits per heavy atom. The summed E-state index contributed by atoms with van der Waals surface area (Å²) < 4.78 is 2.73. The van der Waals surface area contributed by atoms with Gasteiger partial charge in [-0.25, -0.2) is 0 Å². The topological polar surface area (TPSA) is 3.24 Å². The van der Waals surface area contributed by atoms with E-state index in [0.29, 0.717) is 0 Å². The quantitative estimate of drug-likeness (QED) is 0.170.